The van der Waals surface area contributed by atoms with Crippen LogP contribution < -0.4 is 5.56 Å². The molecule has 2 N–H and O–H groups in total. The maximum Gasteiger partial charge on any atom is 0.270 e. The third-order valence-corrected chi connectivity index (χ3v) is 4.45. The summed E-state index contributed by atoms with van der Waals surface area (Å²) in [5.74, 6) is 0.518. The van der Waals surface area contributed by atoms with E-state index in [0.29, 0.717) is 27.5 Å². The molecule has 0 aliphatic rings. The Kier molecular flexibility index (Phi) is 5.69. The summed E-state index contributed by atoms with van der Waals surface area (Å²) < 4.78 is 6.34. The average molecular weight is 391 g/mol. The lowest BCUT2D eigenvalue weighted by Crippen LogP contribution is -2.27. The van der Waals surface area contributed by atoms with Gasteiger partial charge in [-0.25, -0.2) is 4.68 Å². The molecule has 1 aromatic carbocycles. The third-order valence-electron chi connectivity index (χ3n) is 4.20. The summed E-state index contributed by atoms with van der Waals surface area (Å²) in [6.07, 6.45) is 0.0292. The van der Waals surface area contributed by atoms with Crippen molar-refractivity contribution in [3.05, 3.63) is 74.2 Å². The minimum atomic E-state index is -0.805. The summed E-state index contributed by atoms with van der Waals surface area (Å²) in [5, 5.41) is 28.4. The van der Waals surface area contributed by atoms with E-state index < -0.39 is 12.2 Å². The highest BCUT2D eigenvalue weighted by molar-refractivity contribution is 6.30. The second-order valence-corrected chi connectivity index (χ2v) is 6.68. The van der Waals surface area contributed by atoms with Crippen LogP contribution in [0.5, 0.6) is 0 Å². The number of rotatable bonds is 6. The van der Waals surface area contributed by atoms with E-state index in [1.807, 2.05) is 0 Å². The number of aromatic nitrogens is 4. The predicted molar refractivity (Wildman–Crippen MR) is 97.4 cm³/mol. The summed E-state index contributed by atoms with van der Waals surface area (Å²) in [7, 11) is 0. The fourth-order valence-electron chi connectivity index (χ4n) is 2.67. The van der Waals surface area contributed by atoms with Crippen LogP contribution >= 0.6 is 11.6 Å². The van der Waals surface area contributed by atoms with Gasteiger partial charge in [0.2, 0.25) is 5.89 Å². The average Bonchev–Trinajstić information content (AvgIpc) is 3.06. The number of aliphatic hydroxyl groups is 2. The van der Waals surface area contributed by atoms with Crippen LogP contribution in [0.15, 0.2) is 39.8 Å². The molecule has 2 heterocycles. The molecule has 0 saturated carbocycles. The summed E-state index contributed by atoms with van der Waals surface area (Å²) in [6, 6.07) is 6.84. The summed E-state index contributed by atoms with van der Waals surface area (Å²) >= 11 is 5.84. The minimum absolute atomic E-state index is 0.00377. The topological polar surface area (TPSA) is 114 Å². The van der Waals surface area contributed by atoms with Crippen LogP contribution in [0.3, 0.4) is 0 Å². The van der Waals surface area contributed by atoms with Gasteiger partial charge in [0.05, 0.1) is 18.4 Å². The van der Waals surface area contributed by atoms with Gasteiger partial charge >= 0.3 is 0 Å². The van der Waals surface area contributed by atoms with Crippen LogP contribution in [0.25, 0.3) is 0 Å². The fourth-order valence-corrected chi connectivity index (χ4v) is 2.80. The molecule has 0 amide bonds. The van der Waals surface area contributed by atoms with Crippen LogP contribution in [-0.4, -0.2) is 30.1 Å². The van der Waals surface area contributed by atoms with E-state index in [1.54, 1.807) is 38.1 Å². The lowest BCUT2D eigenvalue weighted by Gasteiger charge is -2.09. The van der Waals surface area contributed by atoms with Gasteiger partial charge in [0, 0.05) is 22.6 Å². The van der Waals surface area contributed by atoms with Gasteiger partial charge < -0.3 is 14.7 Å². The zero-order chi connectivity index (χ0) is 19.6. The van der Waals surface area contributed by atoms with Crippen molar-refractivity contribution in [1.29, 1.82) is 0 Å². The van der Waals surface area contributed by atoms with Gasteiger partial charge in [-0.1, -0.05) is 28.9 Å². The highest BCUT2D eigenvalue weighted by atomic mass is 35.5. The van der Waals surface area contributed by atoms with E-state index in [0.717, 1.165) is 0 Å². The van der Waals surface area contributed by atoms with Gasteiger partial charge in [-0.2, -0.15) is 10.1 Å². The van der Waals surface area contributed by atoms with Crippen molar-refractivity contribution in [1.82, 2.24) is 19.9 Å². The Morgan fingerprint density at radius 1 is 1.26 bits per heavy atom. The predicted octanol–water partition coefficient (Wildman–Crippen LogP) is 1.97. The van der Waals surface area contributed by atoms with Gasteiger partial charge in [0.1, 0.15) is 6.54 Å². The zero-order valence-corrected chi connectivity index (χ0v) is 15.6. The van der Waals surface area contributed by atoms with Crippen molar-refractivity contribution in [2.75, 3.05) is 0 Å². The van der Waals surface area contributed by atoms with Crippen molar-refractivity contribution in [3.8, 4) is 0 Å². The molecule has 2 aromatic heterocycles. The maximum atomic E-state index is 12.3. The molecule has 0 bridgehead atoms. The molecule has 0 radical (unpaired) electrons. The normalized spacial score (nSPS) is 13.5. The number of nitrogens with zero attached hydrogens (tertiary/aromatic N) is 4. The van der Waals surface area contributed by atoms with E-state index in [1.165, 1.54) is 10.9 Å². The van der Waals surface area contributed by atoms with Crippen LogP contribution in [0.1, 0.15) is 47.5 Å². The molecule has 0 saturated heterocycles. The zero-order valence-electron chi connectivity index (χ0n) is 14.8. The van der Waals surface area contributed by atoms with Crippen molar-refractivity contribution in [2.24, 2.45) is 0 Å². The van der Waals surface area contributed by atoms with Gasteiger partial charge in [-0.15, -0.1) is 0 Å². The summed E-state index contributed by atoms with van der Waals surface area (Å²) in [6.45, 7) is 3.21. The van der Waals surface area contributed by atoms with Gasteiger partial charge in [-0.3, -0.25) is 4.79 Å². The maximum absolute atomic E-state index is 12.3. The van der Waals surface area contributed by atoms with Gasteiger partial charge in [-0.05, 0) is 31.5 Å². The van der Waals surface area contributed by atoms with Gasteiger partial charge in [0.15, 0.2) is 5.82 Å². The fraction of sp³-hybridized carbons (Fsp3) is 0.333. The van der Waals surface area contributed by atoms with E-state index in [9.17, 15) is 15.0 Å². The molecular formula is C18H19ClN4O4. The van der Waals surface area contributed by atoms with Crippen molar-refractivity contribution >= 4 is 11.6 Å². The van der Waals surface area contributed by atoms with Crippen LogP contribution in [0, 0.1) is 6.92 Å². The van der Waals surface area contributed by atoms with E-state index in [-0.39, 0.29) is 24.4 Å². The monoisotopic (exact) mass is 390 g/mol. The van der Waals surface area contributed by atoms with E-state index in [2.05, 4.69) is 15.2 Å². The number of hydrogen-bond donors (Lipinski definition) is 2. The number of aliphatic hydroxyl groups excluding tert-OH is 2. The van der Waals surface area contributed by atoms with Crippen molar-refractivity contribution in [3.63, 3.8) is 0 Å². The standard InChI is InChI=1S/C18H19ClN4O4/c1-10-14(11(2)24)8-20-23(18(10)26)9-17-21-16(22-27-17)7-15(25)12-3-5-13(19)6-4-12/h3-6,8,11,15,24-25H,7,9H2,1-2H3/t11-,15+/m1/s1. The van der Waals surface area contributed by atoms with Crippen molar-refractivity contribution in [2.45, 2.75) is 39.0 Å². The summed E-state index contributed by atoms with van der Waals surface area (Å²) in [4.78, 5) is 16.5. The lowest BCUT2D eigenvalue weighted by molar-refractivity contribution is 0.174. The second kappa shape index (κ2) is 7.99. The van der Waals surface area contributed by atoms with Crippen LogP contribution in [0.4, 0.5) is 0 Å². The first-order chi connectivity index (χ1) is 12.8. The van der Waals surface area contributed by atoms with E-state index in [4.69, 9.17) is 16.1 Å². The largest absolute Gasteiger partial charge is 0.389 e. The Bertz CT molecular complexity index is 982. The molecule has 2 atom stereocenters. The third kappa shape index (κ3) is 4.41. The molecule has 142 valence electrons. The Balaban J connectivity index is 1.72. The molecular weight excluding hydrogens is 372 g/mol. The smallest absolute Gasteiger partial charge is 0.270 e. The molecule has 3 rings (SSSR count). The Morgan fingerprint density at radius 3 is 2.63 bits per heavy atom. The van der Waals surface area contributed by atoms with E-state index >= 15 is 0 Å². The summed E-state index contributed by atoms with van der Waals surface area (Å²) in [5.41, 5.74) is 1.24. The quantitative estimate of drug-likeness (QED) is 0.661. The first-order valence-corrected chi connectivity index (χ1v) is 8.72. The molecule has 3 aromatic rings. The SMILES string of the molecule is Cc1c([C@@H](C)O)cnn(Cc2nc(C[C@H](O)c3ccc(Cl)cc3)no2)c1=O. The molecule has 9 heteroatoms. The number of halogens is 1. The van der Waals surface area contributed by atoms with Crippen LogP contribution in [0.2, 0.25) is 5.02 Å². The molecule has 0 spiro atoms. The molecule has 27 heavy (non-hydrogen) atoms. The Morgan fingerprint density at radius 2 is 1.96 bits per heavy atom. The van der Waals surface area contributed by atoms with Gasteiger partial charge in [0.25, 0.3) is 5.56 Å². The van der Waals surface area contributed by atoms with Crippen LogP contribution in [-0.2, 0) is 13.0 Å². The highest BCUT2D eigenvalue weighted by Crippen LogP contribution is 2.19. The second-order valence-electron chi connectivity index (χ2n) is 6.24. The van der Waals surface area contributed by atoms with Crippen molar-refractivity contribution < 1.29 is 14.7 Å². The molecule has 0 aliphatic heterocycles. The number of benzene rings is 1. The molecule has 0 fully saturated rings. The molecule has 0 aliphatic carbocycles. The Labute approximate surface area is 160 Å². The molecule has 8 nitrogen and oxygen atoms in total. The first-order valence-electron chi connectivity index (χ1n) is 8.35. The lowest BCUT2D eigenvalue weighted by atomic mass is 10.1. The first kappa shape index (κ1) is 19.2. The Hall–Kier alpha value is -2.55. The number of hydrogen-bond acceptors (Lipinski definition) is 7. The minimum Gasteiger partial charge on any atom is -0.389 e. The highest BCUT2D eigenvalue weighted by Gasteiger charge is 2.16. The molecule has 0 unspecified atom stereocenters.